The first-order chi connectivity index (χ1) is 10.8. The lowest BCUT2D eigenvalue weighted by Crippen LogP contribution is -2.28. The largest absolute Gasteiger partial charge is 0.497 e. The fourth-order valence-corrected chi connectivity index (χ4v) is 3.27. The molecule has 0 aliphatic heterocycles. The smallest absolute Gasteiger partial charge is 0.244 e. The van der Waals surface area contributed by atoms with Crippen LogP contribution in [0.2, 0.25) is 0 Å². The molecule has 0 aliphatic carbocycles. The Morgan fingerprint density at radius 3 is 2.17 bits per heavy atom. The molecule has 124 valence electrons. The van der Waals surface area contributed by atoms with Gasteiger partial charge in [-0.2, -0.15) is 0 Å². The van der Waals surface area contributed by atoms with Crippen LogP contribution in [0.1, 0.15) is 18.5 Å². The summed E-state index contributed by atoms with van der Waals surface area (Å²) in [6.07, 6.45) is 0. The van der Waals surface area contributed by atoms with E-state index >= 15 is 0 Å². The molecule has 1 N–H and O–H groups in total. The van der Waals surface area contributed by atoms with Gasteiger partial charge in [0.25, 0.3) is 0 Å². The molecule has 0 spiro atoms. The van der Waals surface area contributed by atoms with Crippen molar-refractivity contribution in [2.24, 2.45) is 0 Å². The van der Waals surface area contributed by atoms with E-state index in [-0.39, 0.29) is 0 Å². The molecule has 2 aromatic rings. The molecule has 0 bridgehead atoms. The predicted molar refractivity (Wildman–Crippen MR) is 78.0 cm³/mol. The first-order valence-electron chi connectivity index (χ1n) is 6.56. The normalized spacial score (nSPS) is 12.9. The molecular formula is C15H14F3NO3S. The zero-order chi connectivity index (χ0) is 17.2. The maximum atomic E-state index is 13.7. The highest BCUT2D eigenvalue weighted by molar-refractivity contribution is 7.89. The maximum absolute atomic E-state index is 13.7. The van der Waals surface area contributed by atoms with Crippen molar-refractivity contribution in [3.63, 3.8) is 0 Å². The Hall–Kier alpha value is -2.06. The van der Waals surface area contributed by atoms with Crippen LogP contribution in [0.4, 0.5) is 13.2 Å². The fraction of sp³-hybridized carbons (Fsp3) is 0.200. The first kappa shape index (κ1) is 17.3. The molecule has 0 amide bonds. The summed E-state index contributed by atoms with van der Waals surface area (Å²) < 4.78 is 71.3. The molecule has 1 unspecified atom stereocenters. The van der Waals surface area contributed by atoms with E-state index in [0.717, 1.165) is 0 Å². The van der Waals surface area contributed by atoms with Crippen LogP contribution in [0.3, 0.4) is 0 Å². The van der Waals surface area contributed by atoms with E-state index in [1.807, 2.05) is 0 Å². The zero-order valence-electron chi connectivity index (χ0n) is 12.3. The maximum Gasteiger partial charge on any atom is 0.244 e. The Labute approximate surface area is 132 Å². The van der Waals surface area contributed by atoms with Gasteiger partial charge in [-0.25, -0.2) is 26.3 Å². The number of halogens is 3. The average molecular weight is 345 g/mol. The van der Waals surface area contributed by atoms with Gasteiger partial charge in [-0.05, 0) is 36.8 Å². The highest BCUT2D eigenvalue weighted by Gasteiger charge is 2.25. The van der Waals surface area contributed by atoms with Gasteiger partial charge in [0.15, 0.2) is 17.5 Å². The summed E-state index contributed by atoms with van der Waals surface area (Å²) in [5.41, 5.74) is 0.595. The van der Waals surface area contributed by atoms with E-state index in [4.69, 9.17) is 4.74 Å². The van der Waals surface area contributed by atoms with Gasteiger partial charge in [-0.1, -0.05) is 12.1 Å². The molecule has 2 aromatic carbocycles. The Kier molecular flexibility index (Phi) is 4.96. The summed E-state index contributed by atoms with van der Waals surface area (Å²) in [4.78, 5) is -0.947. The van der Waals surface area contributed by atoms with Gasteiger partial charge in [0, 0.05) is 6.04 Å². The van der Waals surface area contributed by atoms with Crippen LogP contribution >= 0.6 is 0 Å². The first-order valence-corrected chi connectivity index (χ1v) is 8.04. The number of hydrogen-bond acceptors (Lipinski definition) is 3. The van der Waals surface area contributed by atoms with Crippen LogP contribution in [0.5, 0.6) is 5.75 Å². The minimum absolute atomic E-state index is 0.561. The predicted octanol–water partition coefficient (Wildman–Crippen LogP) is 3.15. The lowest BCUT2D eigenvalue weighted by molar-refractivity contribution is 0.414. The number of methoxy groups -OCH3 is 1. The SMILES string of the molecule is COc1ccc(C(C)NS(=O)(=O)c2ccc(F)c(F)c2F)cc1. The van der Waals surface area contributed by atoms with E-state index in [0.29, 0.717) is 23.4 Å². The van der Waals surface area contributed by atoms with Crippen molar-refractivity contribution in [2.75, 3.05) is 7.11 Å². The van der Waals surface area contributed by atoms with Gasteiger partial charge in [-0.3, -0.25) is 0 Å². The highest BCUT2D eigenvalue weighted by Crippen LogP contribution is 2.23. The van der Waals surface area contributed by atoms with Gasteiger partial charge < -0.3 is 4.74 Å². The molecule has 0 saturated heterocycles. The molecule has 1 atom stereocenters. The molecule has 4 nitrogen and oxygen atoms in total. The second-order valence-corrected chi connectivity index (χ2v) is 6.47. The summed E-state index contributed by atoms with van der Waals surface area (Å²) in [5, 5.41) is 0. The van der Waals surface area contributed by atoms with E-state index < -0.39 is 38.4 Å². The molecule has 0 radical (unpaired) electrons. The number of ether oxygens (including phenoxy) is 1. The van der Waals surface area contributed by atoms with Crippen molar-refractivity contribution in [3.8, 4) is 5.75 Å². The number of rotatable bonds is 5. The van der Waals surface area contributed by atoms with Gasteiger partial charge in [0.05, 0.1) is 7.11 Å². The number of nitrogens with one attached hydrogen (secondary N) is 1. The van der Waals surface area contributed by atoms with E-state index in [9.17, 15) is 21.6 Å². The Morgan fingerprint density at radius 2 is 1.61 bits per heavy atom. The van der Waals surface area contributed by atoms with Crippen LogP contribution < -0.4 is 9.46 Å². The van der Waals surface area contributed by atoms with Gasteiger partial charge in [0.1, 0.15) is 10.6 Å². The second-order valence-electron chi connectivity index (χ2n) is 4.79. The number of benzene rings is 2. The Balaban J connectivity index is 2.28. The molecule has 0 aromatic heterocycles. The standard InChI is InChI=1S/C15H14F3NO3S/c1-9(10-3-5-11(22-2)6-4-10)19-23(20,21)13-8-7-12(16)14(17)15(13)18/h3-9,19H,1-2H3. The van der Waals surface area contributed by atoms with Crippen molar-refractivity contribution in [3.05, 3.63) is 59.4 Å². The third kappa shape index (κ3) is 3.65. The Bertz CT molecular complexity index is 807. The third-order valence-corrected chi connectivity index (χ3v) is 4.80. The average Bonchev–Trinajstić information content (AvgIpc) is 2.52. The summed E-state index contributed by atoms with van der Waals surface area (Å²) in [6.45, 7) is 1.54. The van der Waals surface area contributed by atoms with Crippen LogP contribution in [0.25, 0.3) is 0 Å². The molecule has 0 fully saturated rings. The summed E-state index contributed by atoms with van der Waals surface area (Å²) >= 11 is 0. The van der Waals surface area contributed by atoms with Crippen LogP contribution in [-0.4, -0.2) is 15.5 Å². The molecule has 2 rings (SSSR count). The van der Waals surface area contributed by atoms with Crippen LogP contribution in [-0.2, 0) is 10.0 Å². The third-order valence-electron chi connectivity index (χ3n) is 3.24. The molecule has 0 heterocycles. The second kappa shape index (κ2) is 6.59. The van der Waals surface area contributed by atoms with Crippen LogP contribution in [0, 0.1) is 17.5 Å². The Morgan fingerprint density at radius 1 is 1.00 bits per heavy atom. The molecule has 8 heteroatoms. The van der Waals surface area contributed by atoms with Crippen molar-refractivity contribution in [1.82, 2.24) is 4.72 Å². The van der Waals surface area contributed by atoms with E-state index in [1.165, 1.54) is 14.0 Å². The quantitative estimate of drug-likeness (QED) is 0.847. The molecule has 0 aliphatic rings. The minimum Gasteiger partial charge on any atom is -0.497 e. The molecule has 23 heavy (non-hydrogen) atoms. The van der Waals surface area contributed by atoms with Crippen molar-refractivity contribution in [1.29, 1.82) is 0 Å². The highest BCUT2D eigenvalue weighted by atomic mass is 32.2. The van der Waals surface area contributed by atoms with E-state index in [2.05, 4.69) is 4.72 Å². The van der Waals surface area contributed by atoms with Crippen molar-refractivity contribution < 1.29 is 26.3 Å². The molecular weight excluding hydrogens is 331 g/mol. The van der Waals surface area contributed by atoms with Gasteiger partial charge in [0.2, 0.25) is 10.0 Å². The minimum atomic E-state index is -4.36. The summed E-state index contributed by atoms with van der Waals surface area (Å²) in [5.74, 6) is -4.44. The lowest BCUT2D eigenvalue weighted by atomic mass is 10.1. The summed E-state index contributed by atoms with van der Waals surface area (Å²) in [6, 6.07) is 7.07. The zero-order valence-corrected chi connectivity index (χ0v) is 13.1. The summed E-state index contributed by atoms with van der Waals surface area (Å²) in [7, 11) is -2.86. The van der Waals surface area contributed by atoms with E-state index in [1.54, 1.807) is 24.3 Å². The van der Waals surface area contributed by atoms with Crippen molar-refractivity contribution >= 4 is 10.0 Å². The number of sulfonamides is 1. The van der Waals surface area contributed by atoms with Crippen molar-refractivity contribution in [2.45, 2.75) is 17.9 Å². The topological polar surface area (TPSA) is 55.4 Å². The monoisotopic (exact) mass is 345 g/mol. The fourth-order valence-electron chi connectivity index (χ4n) is 1.97. The lowest BCUT2D eigenvalue weighted by Gasteiger charge is -2.15. The molecule has 0 saturated carbocycles. The number of hydrogen-bond donors (Lipinski definition) is 1. The van der Waals surface area contributed by atoms with Gasteiger partial charge in [-0.15, -0.1) is 0 Å². The van der Waals surface area contributed by atoms with Crippen LogP contribution in [0.15, 0.2) is 41.3 Å². The van der Waals surface area contributed by atoms with Gasteiger partial charge >= 0.3 is 0 Å².